The van der Waals surface area contributed by atoms with E-state index in [2.05, 4.69) is 12.6 Å². The third-order valence-electron chi connectivity index (χ3n) is 1.15. The van der Waals surface area contributed by atoms with Crippen LogP contribution < -0.4 is 29.6 Å². The Morgan fingerprint density at radius 3 is 2.27 bits per heavy atom. The van der Waals surface area contributed by atoms with Crippen molar-refractivity contribution < 1.29 is 34.4 Å². The normalized spacial score (nSPS) is 8.45. The van der Waals surface area contributed by atoms with Crippen LogP contribution >= 0.6 is 12.6 Å². The predicted octanol–water partition coefficient (Wildman–Crippen LogP) is -0.828. The molecule has 0 aromatic heterocycles. The van der Waals surface area contributed by atoms with Crippen molar-refractivity contribution in [3.63, 3.8) is 0 Å². The zero-order valence-corrected chi connectivity index (χ0v) is 9.06. The van der Waals surface area contributed by atoms with Gasteiger partial charge in [0, 0.05) is 10.5 Å². The van der Waals surface area contributed by atoms with E-state index in [1.165, 1.54) is 0 Å². The molecule has 0 fully saturated rings. The first-order chi connectivity index (χ1) is 4.72. The Morgan fingerprint density at radius 1 is 1.36 bits per heavy atom. The summed E-state index contributed by atoms with van der Waals surface area (Å²) in [6.45, 7) is 0. The van der Waals surface area contributed by atoms with Crippen LogP contribution in [0.5, 0.6) is 0 Å². The molecule has 11 heavy (non-hydrogen) atoms. The van der Waals surface area contributed by atoms with Gasteiger partial charge in [0.25, 0.3) is 0 Å². The number of carbonyl (C=O) groups is 1. The number of nitrogens with one attached hydrogen (secondary N) is 1. The molecule has 0 unspecified atom stereocenters. The van der Waals surface area contributed by atoms with E-state index in [1.807, 2.05) is 0 Å². The van der Waals surface area contributed by atoms with Gasteiger partial charge >= 0.3 is 29.6 Å². The van der Waals surface area contributed by atoms with Gasteiger partial charge < -0.3 is 10.5 Å². The summed E-state index contributed by atoms with van der Waals surface area (Å²) in [5.41, 5.74) is 7.12. The summed E-state index contributed by atoms with van der Waals surface area (Å²) in [6.07, 6.45) is 0. The molecule has 0 aliphatic carbocycles. The first-order valence-electron chi connectivity index (χ1n) is 2.76. The topological polar surface area (TPSA) is 40.9 Å². The van der Waals surface area contributed by atoms with Gasteiger partial charge in [-0.15, -0.1) is 12.6 Å². The maximum atomic E-state index is 10.5. The molecule has 1 N–H and O–H groups in total. The zero-order chi connectivity index (χ0) is 7.56. The van der Waals surface area contributed by atoms with E-state index in [9.17, 15) is 4.79 Å². The second kappa shape index (κ2) is 4.83. The maximum absolute atomic E-state index is 10.5. The van der Waals surface area contributed by atoms with Gasteiger partial charge in [-0.3, -0.25) is 0 Å². The van der Waals surface area contributed by atoms with Crippen LogP contribution in [0.15, 0.2) is 29.2 Å². The third-order valence-corrected chi connectivity index (χ3v) is 1.54. The van der Waals surface area contributed by atoms with Crippen molar-refractivity contribution in [3.05, 3.63) is 35.6 Å². The molecule has 4 heteroatoms. The third kappa shape index (κ3) is 2.87. The van der Waals surface area contributed by atoms with Crippen LogP contribution in [-0.4, -0.2) is 5.91 Å². The summed E-state index contributed by atoms with van der Waals surface area (Å²) < 4.78 is 0. The van der Waals surface area contributed by atoms with Gasteiger partial charge in [-0.1, -0.05) is 18.2 Å². The van der Waals surface area contributed by atoms with Gasteiger partial charge in [0.2, 0.25) is 0 Å². The Kier molecular flexibility index (Phi) is 4.84. The molecule has 52 valence electrons. The van der Waals surface area contributed by atoms with Gasteiger partial charge in [0.05, 0.1) is 5.91 Å². The van der Waals surface area contributed by atoms with E-state index in [1.54, 1.807) is 24.3 Å². The fourth-order valence-electron chi connectivity index (χ4n) is 0.666. The van der Waals surface area contributed by atoms with E-state index < -0.39 is 5.91 Å². The first kappa shape index (κ1) is 11.0. The summed E-state index contributed by atoms with van der Waals surface area (Å²) in [5, 5.41) is 0. The minimum absolute atomic E-state index is 0. The number of hydrogen-bond acceptors (Lipinski definition) is 2. The van der Waals surface area contributed by atoms with Gasteiger partial charge in [-0.2, -0.15) is 0 Å². The van der Waals surface area contributed by atoms with Crippen molar-refractivity contribution in [1.82, 2.24) is 0 Å². The van der Waals surface area contributed by atoms with E-state index in [0.717, 1.165) is 0 Å². The van der Waals surface area contributed by atoms with Gasteiger partial charge in [-0.05, 0) is 6.07 Å². The Labute approximate surface area is 92.9 Å². The van der Waals surface area contributed by atoms with Crippen molar-refractivity contribution >= 4 is 18.5 Å². The monoisotopic (exact) mass is 175 g/mol. The molecule has 0 radical (unpaired) electrons. The maximum Gasteiger partial charge on any atom is 1.00 e. The Hall–Kier alpha value is 0.0400. The molecule has 1 aromatic carbocycles. The summed E-state index contributed by atoms with van der Waals surface area (Å²) in [5.74, 6) is -0.689. The van der Waals surface area contributed by atoms with Crippen molar-refractivity contribution in [1.29, 1.82) is 0 Å². The van der Waals surface area contributed by atoms with Crippen LogP contribution in [-0.2, 0) is 0 Å². The molecular formula is C7H6NNaOS. The zero-order valence-electron chi connectivity index (χ0n) is 6.16. The molecule has 0 bridgehead atoms. The number of benzene rings is 1. The number of amides is 1. The molecule has 2 nitrogen and oxygen atoms in total. The molecule has 0 spiro atoms. The Bertz CT molecular complexity index is 264. The smallest absolute Gasteiger partial charge is 0.664 e. The molecular weight excluding hydrogens is 169 g/mol. The number of carbonyl (C=O) groups excluding carboxylic acids is 1. The Balaban J connectivity index is 0.000001000. The van der Waals surface area contributed by atoms with Crippen LogP contribution in [0.3, 0.4) is 0 Å². The molecule has 0 saturated heterocycles. The summed E-state index contributed by atoms with van der Waals surface area (Å²) in [7, 11) is 0. The van der Waals surface area contributed by atoms with E-state index in [-0.39, 0.29) is 29.6 Å². The molecule has 0 saturated carbocycles. The van der Waals surface area contributed by atoms with E-state index in [0.29, 0.717) is 10.5 Å². The summed E-state index contributed by atoms with van der Waals surface area (Å²) in [4.78, 5) is 11.0. The van der Waals surface area contributed by atoms with Crippen molar-refractivity contribution in [2.24, 2.45) is 0 Å². The Morgan fingerprint density at radius 2 is 1.91 bits per heavy atom. The molecule has 0 atom stereocenters. The van der Waals surface area contributed by atoms with Crippen molar-refractivity contribution in [2.45, 2.75) is 4.90 Å². The standard InChI is InChI=1S/C7H7NOS.Na/c8-7(9)5-3-1-2-4-6(5)10;/h1-4H,(H3,8,9,10);/q;+1/p-1. The average Bonchev–Trinajstić information content (AvgIpc) is 1.88. The summed E-state index contributed by atoms with van der Waals surface area (Å²) >= 11 is 4.00. The second-order valence-corrected chi connectivity index (χ2v) is 2.33. The van der Waals surface area contributed by atoms with Gasteiger partial charge in [0.1, 0.15) is 0 Å². The molecule has 1 aromatic rings. The summed E-state index contributed by atoms with van der Waals surface area (Å²) in [6, 6.07) is 6.75. The quantitative estimate of drug-likeness (QED) is 0.439. The van der Waals surface area contributed by atoms with Crippen molar-refractivity contribution in [3.8, 4) is 0 Å². The SMILES string of the molecule is [NH-]C(=O)c1ccccc1S.[Na+]. The van der Waals surface area contributed by atoms with E-state index in [4.69, 9.17) is 5.73 Å². The number of thiol groups is 1. The van der Waals surface area contributed by atoms with Crippen LogP contribution in [0.4, 0.5) is 0 Å². The number of hydrogen-bond donors (Lipinski definition) is 1. The van der Waals surface area contributed by atoms with Crippen molar-refractivity contribution in [2.75, 3.05) is 0 Å². The van der Waals surface area contributed by atoms with Gasteiger partial charge in [-0.25, -0.2) is 0 Å². The minimum atomic E-state index is -0.689. The molecule has 1 rings (SSSR count). The molecule has 0 heterocycles. The van der Waals surface area contributed by atoms with Crippen LogP contribution in [0.25, 0.3) is 5.73 Å². The average molecular weight is 175 g/mol. The van der Waals surface area contributed by atoms with Crippen LogP contribution in [0, 0.1) is 0 Å². The fourth-order valence-corrected chi connectivity index (χ4v) is 0.928. The molecule has 1 amide bonds. The predicted molar refractivity (Wildman–Crippen MR) is 42.3 cm³/mol. The van der Waals surface area contributed by atoms with Gasteiger partial charge in [0.15, 0.2) is 0 Å². The van der Waals surface area contributed by atoms with Crippen LogP contribution in [0.1, 0.15) is 10.4 Å². The molecule has 0 aliphatic rings. The first-order valence-corrected chi connectivity index (χ1v) is 3.20. The largest absolute Gasteiger partial charge is 1.00 e. The van der Waals surface area contributed by atoms with E-state index >= 15 is 0 Å². The fraction of sp³-hybridized carbons (Fsp3) is 0. The second-order valence-electron chi connectivity index (χ2n) is 1.85. The van der Waals surface area contributed by atoms with Crippen LogP contribution in [0.2, 0.25) is 0 Å². The number of rotatable bonds is 1. The minimum Gasteiger partial charge on any atom is -0.664 e. The molecule has 0 aliphatic heterocycles.